The van der Waals surface area contributed by atoms with Gasteiger partial charge in [-0.15, -0.1) is 11.3 Å². The summed E-state index contributed by atoms with van der Waals surface area (Å²) < 4.78 is 1.66. The van der Waals surface area contributed by atoms with E-state index < -0.39 is 0 Å². The van der Waals surface area contributed by atoms with Gasteiger partial charge in [0.25, 0.3) is 5.91 Å². The zero-order valence-corrected chi connectivity index (χ0v) is 14.3. The van der Waals surface area contributed by atoms with Crippen LogP contribution in [0.15, 0.2) is 36.7 Å². The topological polar surface area (TPSA) is 76.9 Å². The molecule has 0 unspecified atom stereocenters. The maximum atomic E-state index is 12.5. The van der Waals surface area contributed by atoms with Gasteiger partial charge in [0.2, 0.25) is 5.78 Å². The predicted molar refractivity (Wildman–Crippen MR) is 92.6 cm³/mol. The van der Waals surface area contributed by atoms with Gasteiger partial charge >= 0.3 is 0 Å². The summed E-state index contributed by atoms with van der Waals surface area (Å²) >= 11 is 1.35. The molecule has 0 saturated heterocycles. The number of anilines is 1. The van der Waals surface area contributed by atoms with Crippen molar-refractivity contribution in [2.75, 3.05) is 5.32 Å². The van der Waals surface area contributed by atoms with Crippen LogP contribution in [0.2, 0.25) is 0 Å². The molecule has 3 aromatic rings. The van der Waals surface area contributed by atoms with E-state index in [0.717, 1.165) is 5.01 Å². The summed E-state index contributed by atoms with van der Waals surface area (Å²) in [6, 6.07) is 6.83. The van der Waals surface area contributed by atoms with Crippen molar-refractivity contribution in [3.05, 3.63) is 63.6 Å². The Hall–Kier alpha value is -2.80. The molecule has 7 heteroatoms. The Morgan fingerprint density at radius 1 is 1.25 bits per heavy atom. The van der Waals surface area contributed by atoms with Crippen LogP contribution < -0.4 is 5.32 Å². The highest BCUT2D eigenvalue weighted by Crippen LogP contribution is 2.20. The second-order valence-corrected chi connectivity index (χ2v) is 6.58. The number of thiazole rings is 1. The lowest BCUT2D eigenvalue weighted by Gasteiger charge is -2.06. The van der Waals surface area contributed by atoms with Crippen LogP contribution in [0.25, 0.3) is 0 Å². The molecule has 0 saturated carbocycles. The number of hydrogen-bond acceptors (Lipinski definition) is 5. The number of nitrogens with zero attached hydrogens (tertiary/aromatic N) is 3. The van der Waals surface area contributed by atoms with Gasteiger partial charge in [0.1, 0.15) is 4.88 Å². The number of rotatable bonds is 4. The predicted octanol–water partition coefficient (Wildman–Crippen LogP) is 2.98. The van der Waals surface area contributed by atoms with Crippen molar-refractivity contribution in [3.63, 3.8) is 0 Å². The number of carbonyl (C=O) groups excluding carboxylic acids is 2. The molecule has 0 fully saturated rings. The minimum absolute atomic E-state index is 0.191. The Balaban J connectivity index is 1.83. The number of carbonyl (C=O) groups is 2. The van der Waals surface area contributed by atoms with E-state index in [-0.39, 0.29) is 11.7 Å². The van der Waals surface area contributed by atoms with Crippen LogP contribution in [0.3, 0.4) is 0 Å². The van der Waals surface area contributed by atoms with Crippen molar-refractivity contribution in [1.82, 2.24) is 14.5 Å². The summed E-state index contributed by atoms with van der Waals surface area (Å²) in [5, 5.41) is 3.66. The first-order chi connectivity index (χ1) is 11.5. The van der Waals surface area contributed by atoms with Gasteiger partial charge in [-0.25, -0.2) is 9.97 Å². The molecule has 0 aliphatic heterocycles. The molecular formula is C17H16N4O2S. The Kier molecular flexibility index (Phi) is 4.26. The summed E-state index contributed by atoms with van der Waals surface area (Å²) in [7, 11) is 1.76. The molecule has 1 aromatic carbocycles. The van der Waals surface area contributed by atoms with Gasteiger partial charge in [-0.2, -0.15) is 0 Å². The fourth-order valence-corrected chi connectivity index (χ4v) is 3.20. The number of aromatic nitrogens is 3. The SMILES string of the molecule is Cc1nc(C)c(C(=O)Nc2cccc(C(=O)c3nccn3C)c2)s1. The second kappa shape index (κ2) is 6.37. The molecule has 1 N–H and O–H groups in total. The van der Waals surface area contributed by atoms with Crippen LogP contribution in [-0.4, -0.2) is 26.2 Å². The molecule has 6 nitrogen and oxygen atoms in total. The quantitative estimate of drug-likeness (QED) is 0.741. The van der Waals surface area contributed by atoms with E-state index in [9.17, 15) is 9.59 Å². The normalized spacial score (nSPS) is 10.6. The van der Waals surface area contributed by atoms with E-state index in [1.54, 1.807) is 55.2 Å². The lowest BCUT2D eigenvalue weighted by Crippen LogP contribution is -2.13. The minimum Gasteiger partial charge on any atom is -0.331 e. The van der Waals surface area contributed by atoms with E-state index in [1.807, 2.05) is 6.92 Å². The molecular weight excluding hydrogens is 324 g/mol. The average Bonchev–Trinajstić information content (AvgIpc) is 3.12. The van der Waals surface area contributed by atoms with Crippen LogP contribution in [0.5, 0.6) is 0 Å². The highest BCUT2D eigenvalue weighted by atomic mass is 32.1. The second-order valence-electron chi connectivity index (χ2n) is 5.37. The number of nitrogens with one attached hydrogen (secondary N) is 1. The number of benzene rings is 1. The first-order valence-corrected chi connectivity index (χ1v) is 8.15. The van der Waals surface area contributed by atoms with Crippen molar-refractivity contribution in [1.29, 1.82) is 0 Å². The zero-order valence-electron chi connectivity index (χ0n) is 13.5. The Labute approximate surface area is 143 Å². The van der Waals surface area contributed by atoms with Gasteiger partial charge in [0.15, 0.2) is 5.82 Å². The van der Waals surface area contributed by atoms with E-state index >= 15 is 0 Å². The lowest BCUT2D eigenvalue weighted by molar-refractivity contribution is 0.101. The standard InChI is InChI=1S/C17H16N4O2S/c1-10-15(24-11(2)19-10)17(23)20-13-6-4-5-12(9-13)14(22)16-18-7-8-21(16)3/h4-9H,1-3H3,(H,20,23). The molecule has 24 heavy (non-hydrogen) atoms. The molecule has 2 aromatic heterocycles. The summed E-state index contributed by atoms with van der Waals surface area (Å²) in [5.74, 6) is -0.0597. The third kappa shape index (κ3) is 3.11. The van der Waals surface area contributed by atoms with E-state index in [2.05, 4.69) is 15.3 Å². The van der Waals surface area contributed by atoms with E-state index in [4.69, 9.17) is 0 Å². The molecule has 0 radical (unpaired) electrons. The van der Waals surface area contributed by atoms with Crippen molar-refractivity contribution in [3.8, 4) is 0 Å². The molecule has 122 valence electrons. The van der Waals surface area contributed by atoms with Gasteiger partial charge in [0, 0.05) is 30.7 Å². The molecule has 0 bridgehead atoms. The van der Waals surface area contributed by atoms with Crippen LogP contribution in [-0.2, 0) is 7.05 Å². The van der Waals surface area contributed by atoms with Crippen molar-refractivity contribution < 1.29 is 9.59 Å². The first kappa shape index (κ1) is 16.1. The molecule has 1 amide bonds. The van der Waals surface area contributed by atoms with Gasteiger partial charge in [0.05, 0.1) is 10.7 Å². The first-order valence-electron chi connectivity index (χ1n) is 7.33. The number of ketones is 1. The minimum atomic E-state index is -0.223. The van der Waals surface area contributed by atoms with Crippen molar-refractivity contribution in [2.24, 2.45) is 7.05 Å². The number of aryl methyl sites for hydroxylation is 3. The summed E-state index contributed by atoms with van der Waals surface area (Å²) in [6.07, 6.45) is 3.29. The summed E-state index contributed by atoms with van der Waals surface area (Å²) in [4.78, 5) is 33.8. The maximum Gasteiger partial charge on any atom is 0.267 e. The van der Waals surface area contributed by atoms with Gasteiger partial charge in [-0.05, 0) is 26.0 Å². The number of imidazole rings is 1. The molecule has 0 atom stereocenters. The molecule has 0 aliphatic carbocycles. The highest BCUT2D eigenvalue weighted by Gasteiger charge is 2.16. The molecule has 3 rings (SSSR count). The maximum absolute atomic E-state index is 12.5. The van der Waals surface area contributed by atoms with Crippen LogP contribution >= 0.6 is 11.3 Å². The monoisotopic (exact) mass is 340 g/mol. The molecule has 2 heterocycles. The largest absolute Gasteiger partial charge is 0.331 e. The van der Waals surface area contributed by atoms with Gasteiger partial charge < -0.3 is 9.88 Å². The van der Waals surface area contributed by atoms with Crippen molar-refractivity contribution >= 4 is 28.7 Å². The molecule has 0 spiro atoms. The highest BCUT2D eigenvalue weighted by molar-refractivity contribution is 7.13. The van der Waals surface area contributed by atoms with Crippen LogP contribution in [0.1, 0.15) is 36.6 Å². The number of hydrogen-bond donors (Lipinski definition) is 1. The summed E-state index contributed by atoms with van der Waals surface area (Å²) in [5.41, 5.74) is 1.74. The zero-order chi connectivity index (χ0) is 17.3. The molecule has 0 aliphatic rings. The number of amides is 1. The van der Waals surface area contributed by atoms with Crippen molar-refractivity contribution in [2.45, 2.75) is 13.8 Å². The van der Waals surface area contributed by atoms with Crippen LogP contribution in [0.4, 0.5) is 5.69 Å². The van der Waals surface area contributed by atoms with Gasteiger partial charge in [-0.3, -0.25) is 9.59 Å². The Morgan fingerprint density at radius 3 is 2.67 bits per heavy atom. The summed E-state index contributed by atoms with van der Waals surface area (Å²) in [6.45, 7) is 3.67. The van der Waals surface area contributed by atoms with Crippen LogP contribution in [0, 0.1) is 13.8 Å². The van der Waals surface area contributed by atoms with E-state index in [1.165, 1.54) is 11.3 Å². The van der Waals surface area contributed by atoms with E-state index in [0.29, 0.717) is 27.6 Å². The fourth-order valence-electron chi connectivity index (χ4n) is 2.38. The lowest BCUT2D eigenvalue weighted by atomic mass is 10.1. The fraction of sp³-hybridized carbons (Fsp3) is 0.176. The average molecular weight is 340 g/mol. The smallest absolute Gasteiger partial charge is 0.267 e. The Bertz CT molecular complexity index is 926. The van der Waals surface area contributed by atoms with Gasteiger partial charge in [-0.1, -0.05) is 12.1 Å². The third-order valence-corrected chi connectivity index (χ3v) is 4.59. The third-order valence-electron chi connectivity index (χ3n) is 3.52. The Morgan fingerprint density at radius 2 is 2.04 bits per heavy atom.